The maximum atomic E-state index is 3.67. The normalized spacial score (nSPS) is 11.2. The Morgan fingerprint density at radius 3 is 1.68 bits per heavy atom. The van der Waals surface area contributed by atoms with E-state index in [4.69, 9.17) is 0 Å². The molecular formula is C15H32N4. The minimum absolute atomic E-state index is 0.902. The Morgan fingerprint density at radius 2 is 1.21 bits per heavy atom. The van der Waals surface area contributed by atoms with Gasteiger partial charge < -0.3 is 21.3 Å². The molecule has 0 saturated carbocycles. The van der Waals surface area contributed by atoms with Crippen LogP contribution < -0.4 is 21.3 Å². The molecule has 0 aliphatic carbocycles. The van der Waals surface area contributed by atoms with E-state index < -0.39 is 0 Å². The molecule has 0 heterocycles. The van der Waals surface area contributed by atoms with Crippen LogP contribution in [0.15, 0.2) is 24.8 Å². The van der Waals surface area contributed by atoms with E-state index in [2.05, 4.69) is 46.9 Å². The maximum absolute atomic E-state index is 3.67. The Morgan fingerprint density at radius 1 is 0.737 bits per heavy atom. The zero-order chi connectivity index (χ0) is 14.0. The molecular weight excluding hydrogens is 236 g/mol. The number of hydrogen-bond donors (Lipinski definition) is 4. The number of nitrogens with one attached hydrogen (secondary N) is 4. The minimum Gasteiger partial charge on any atom is -0.317 e. The smallest absolute Gasteiger partial charge is 0.0135 e. The van der Waals surface area contributed by atoms with Gasteiger partial charge >= 0.3 is 0 Å². The van der Waals surface area contributed by atoms with Gasteiger partial charge in [-0.15, -0.1) is 6.58 Å². The van der Waals surface area contributed by atoms with E-state index in [0.717, 1.165) is 58.8 Å². The van der Waals surface area contributed by atoms with Crippen LogP contribution in [0.4, 0.5) is 0 Å². The van der Waals surface area contributed by atoms with E-state index in [1.807, 2.05) is 6.08 Å². The Labute approximate surface area is 119 Å². The Kier molecular flexibility index (Phi) is 16.7. The Hall–Kier alpha value is -0.680. The average molecular weight is 268 g/mol. The summed E-state index contributed by atoms with van der Waals surface area (Å²) in [6.07, 6.45) is 8.62. The summed E-state index contributed by atoms with van der Waals surface area (Å²) in [5.74, 6) is 0. The van der Waals surface area contributed by atoms with Crippen molar-refractivity contribution in [3.05, 3.63) is 24.8 Å². The number of rotatable bonds is 15. The van der Waals surface area contributed by atoms with E-state index in [1.54, 1.807) is 0 Å². The molecule has 0 aromatic rings. The first-order valence-corrected chi connectivity index (χ1v) is 7.50. The van der Waals surface area contributed by atoms with Crippen molar-refractivity contribution in [3.63, 3.8) is 0 Å². The third kappa shape index (κ3) is 17.3. The zero-order valence-electron chi connectivity index (χ0n) is 12.5. The fourth-order valence-corrected chi connectivity index (χ4v) is 1.60. The van der Waals surface area contributed by atoms with Gasteiger partial charge in [-0.25, -0.2) is 0 Å². The molecule has 4 heteroatoms. The summed E-state index contributed by atoms with van der Waals surface area (Å²) in [6.45, 7) is 14.0. The van der Waals surface area contributed by atoms with E-state index in [1.165, 1.54) is 6.42 Å². The molecule has 0 radical (unpaired) electrons. The van der Waals surface area contributed by atoms with Gasteiger partial charge in [0.2, 0.25) is 0 Å². The topological polar surface area (TPSA) is 48.1 Å². The van der Waals surface area contributed by atoms with Gasteiger partial charge in [0.25, 0.3) is 0 Å². The molecule has 19 heavy (non-hydrogen) atoms. The number of hydrogen-bond acceptors (Lipinski definition) is 4. The van der Waals surface area contributed by atoms with Gasteiger partial charge in [-0.3, -0.25) is 0 Å². The monoisotopic (exact) mass is 268 g/mol. The van der Waals surface area contributed by atoms with Crippen LogP contribution in [-0.2, 0) is 0 Å². The average Bonchev–Trinajstić information content (AvgIpc) is 2.43. The van der Waals surface area contributed by atoms with Crippen molar-refractivity contribution in [1.29, 1.82) is 0 Å². The molecule has 0 aliphatic heterocycles. The predicted octanol–water partition coefficient (Wildman–Crippen LogP) is 0.887. The fraction of sp³-hybridized carbons (Fsp3) is 0.733. The van der Waals surface area contributed by atoms with Crippen molar-refractivity contribution >= 4 is 0 Å². The van der Waals surface area contributed by atoms with Gasteiger partial charge in [-0.05, 0) is 45.6 Å². The van der Waals surface area contributed by atoms with Gasteiger partial charge in [0.15, 0.2) is 0 Å². The standard InChI is InChI=1S/C15H32N4/c1-3-9-17-13-8-15-19-11-6-5-10-18-14-7-12-16-4-2/h3,5-6,16-19H,1,4,7-15H2,2H3/b6-5+. The summed E-state index contributed by atoms with van der Waals surface area (Å²) in [6, 6.07) is 0. The van der Waals surface area contributed by atoms with Crippen molar-refractivity contribution in [2.24, 2.45) is 0 Å². The second-order valence-electron chi connectivity index (χ2n) is 4.43. The fourth-order valence-electron chi connectivity index (χ4n) is 1.60. The maximum Gasteiger partial charge on any atom is 0.0135 e. The van der Waals surface area contributed by atoms with Gasteiger partial charge in [-0.2, -0.15) is 0 Å². The van der Waals surface area contributed by atoms with Gasteiger partial charge in [-0.1, -0.05) is 25.2 Å². The van der Waals surface area contributed by atoms with Crippen LogP contribution in [0, 0.1) is 0 Å². The highest BCUT2D eigenvalue weighted by molar-refractivity contribution is 4.85. The van der Waals surface area contributed by atoms with E-state index in [-0.39, 0.29) is 0 Å². The first-order valence-electron chi connectivity index (χ1n) is 7.50. The van der Waals surface area contributed by atoms with Crippen LogP contribution >= 0.6 is 0 Å². The van der Waals surface area contributed by atoms with E-state index in [9.17, 15) is 0 Å². The molecule has 0 saturated heterocycles. The Bertz CT molecular complexity index is 204. The van der Waals surface area contributed by atoms with Crippen molar-refractivity contribution < 1.29 is 0 Å². The third-order valence-corrected chi connectivity index (χ3v) is 2.64. The highest BCUT2D eigenvalue weighted by Crippen LogP contribution is 1.76. The highest BCUT2D eigenvalue weighted by atomic mass is 14.9. The molecule has 4 nitrogen and oxygen atoms in total. The van der Waals surface area contributed by atoms with Crippen molar-refractivity contribution in [2.45, 2.75) is 19.8 Å². The summed E-state index contributed by atoms with van der Waals surface area (Å²) < 4.78 is 0. The van der Waals surface area contributed by atoms with Gasteiger partial charge in [0, 0.05) is 19.6 Å². The summed E-state index contributed by atoms with van der Waals surface area (Å²) in [4.78, 5) is 0. The zero-order valence-corrected chi connectivity index (χ0v) is 12.5. The van der Waals surface area contributed by atoms with Gasteiger partial charge in [0.1, 0.15) is 0 Å². The highest BCUT2D eigenvalue weighted by Gasteiger charge is 1.86. The van der Waals surface area contributed by atoms with Crippen molar-refractivity contribution in [2.75, 3.05) is 52.4 Å². The molecule has 0 aliphatic rings. The molecule has 0 unspecified atom stereocenters. The lowest BCUT2D eigenvalue weighted by Crippen LogP contribution is -2.23. The molecule has 4 N–H and O–H groups in total. The molecule has 0 aromatic heterocycles. The summed E-state index contributed by atoms with van der Waals surface area (Å²) in [5.41, 5.74) is 0. The second-order valence-corrected chi connectivity index (χ2v) is 4.43. The van der Waals surface area contributed by atoms with Crippen molar-refractivity contribution in [3.8, 4) is 0 Å². The first kappa shape index (κ1) is 18.3. The first-order chi connectivity index (χ1) is 9.41. The molecule has 0 spiro atoms. The summed E-state index contributed by atoms with van der Waals surface area (Å²) in [5, 5.41) is 13.4. The molecule has 112 valence electrons. The molecule has 0 bridgehead atoms. The second kappa shape index (κ2) is 17.3. The summed E-state index contributed by atoms with van der Waals surface area (Å²) in [7, 11) is 0. The van der Waals surface area contributed by atoms with Gasteiger partial charge in [0.05, 0.1) is 0 Å². The molecule has 0 atom stereocenters. The minimum atomic E-state index is 0.902. The van der Waals surface area contributed by atoms with E-state index in [0.29, 0.717) is 0 Å². The van der Waals surface area contributed by atoms with Crippen LogP contribution in [-0.4, -0.2) is 52.4 Å². The predicted molar refractivity (Wildman–Crippen MR) is 85.7 cm³/mol. The SMILES string of the molecule is C=CCNCCCNC/C=C/CNCCCNCC. The largest absolute Gasteiger partial charge is 0.317 e. The molecule has 0 amide bonds. The van der Waals surface area contributed by atoms with E-state index >= 15 is 0 Å². The van der Waals surface area contributed by atoms with Crippen LogP contribution in [0.2, 0.25) is 0 Å². The van der Waals surface area contributed by atoms with Crippen molar-refractivity contribution in [1.82, 2.24) is 21.3 Å². The molecule has 0 aromatic carbocycles. The lowest BCUT2D eigenvalue weighted by Gasteiger charge is -2.03. The molecule has 0 rings (SSSR count). The van der Waals surface area contributed by atoms with Crippen LogP contribution in [0.3, 0.4) is 0 Å². The Balaban J connectivity index is 3.03. The van der Waals surface area contributed by atoms with Crippen LogP contribution in [0.1, 0.15) is 19.8 Å². The summed E-state index contributed by atoms with van der Waals surface area (Å²) >= 11 is 0. The third-order valence-electron chi connectivity index (χ3n) is 2.64. The lowest BCUT2D eigenvalue weighted by atomic mass is 10.4. The lowest BCUT2D eigenvalue weighted by molar-refractivity contribution is 0.627. The van der Waals surface area contributed by atoms with Crippen LogP contribution in [0.25, 0.3) is 0 Å². The molecule has 0 fully saturated rings. The quantitative estimate of drug-likeness (QED) is 0.263. The van der Waals surface area contributed by atoms with Crippen LogP contribution in [0.5, 0.6) is 0 Å².